The third-order valence-electron chi connectivity index (χ3n) is 2.11. The first-order chi connectivity index (χ1) is 7.20. The molecule has 3 heteroatoms. The van der Waals surface area contributed by atoms with E-state index in [9.17, 15) is 4.79 Å². The normalized spacial score (nSPS) is 12.2. The second-order valence-electron chi connectivity index (χ2n) is 3.20. The quantitative estimate of drug-likeness (QED) is 0.745. The molecule has 0 fully saturated rings. The highest BCUT2D eigenvalue weighted by Crippen LogP contribution is 2.27. The Morgan fingerprint density at radius 2 is 2.07 bits per heavy atom. The molecule has 1 rings (SSSR count). The third kappa shape index (κ3) is 2.80. The van der Waals surface area contributed by atoms with Crippen LogP contribution in [0.4, 0.5) is 0 Å². The van der Waals surface area contributed by atoms with E-state index in [0.29, 0.717) is 12.4 Å². The number of ether oxygens (including phenoxy) is 2. The fourth-order valence-corrected chi connectivity index (χ4v) is 1.50. The molecule has 1 aromatic carbocycles. The van der Waals surface area contributed by atoms with E-state index in [1.165, 1.54) is 14.0 Å². The fraction of sp³-hybridized carbons (Fsp3) is 0.417. The minimum absolute atomic E-state index is 0.0235. The molecule has 0 aliphatic heterocycles. The Labute approximate surface area is 90.0 Å². The van der Waals surface area contributed by atoms with Gasteiger partial charge in [0.25, 0.3) is 0 Å². The van der Waals surface area contributed by atoms with Gasteiger partial charge in [0.1, 0.15) is 11.9 Å². The maximum absolute atomic E-state index is 11.4. The number of hydrogen-bond donors (Lipinski definition) is 0. The van der Waals surface area contributed by atoms with Crippen molar-refractivity contribution < 1.29 is 14.3 Å². The van der Waals surface area contributed by atoms with E-state index in [0.717, 1.165) is 5.56 Å². The highest BCUT2D eigenvalue weighted by Gasteiger charge is 2.19. The second kappa shape index (κ2) is 5.51. The molecule has 0 saturated carbocycles. The van der Waals surface area contributed by atoms with E-state index in [4.69, 9.17) is 9.47 Å². The molecule has 15 heavy (non-hydrogen) atoms. The predicted octanol–water partition coefficient (Wildman–Crippen LogP) is 2.36. The lowest BCUT2D eigenvalue weighted by Crippen LogP contribution is -2.12. The van der Waals surface area contributed by atoms with Gasteiger partial charge in [0.05, 0.1) is 6.61 Å². The number of hydrogen-bond acceptors (Lipinski definition) is 3. The van der Waals surface area contributed by atoms with E-state index in [1.54, 1.807) is 0 Å². The number of ketones is 1. The maximum Gasteiger partial charge on any atom is 0.163 e. The number of carbonyl (C=O) groups excluding carboxylic acids is 1. The molecule has 0 spiro atoms. The fourth-order valence-electron chi connectivity index (χ4n) is 1.50. The van der Waals surface area contributed by atoms with Crippen molar-refractivity contribution in [1.82, 2.24) is 0 Å². The van der Waals surface area contributed by atoms with Gasteiger partial charge in [0.2, 0.25) is 0 Å². The molecule has 0 amide bonds. The molecule has 0 N–H and O–H groups in total. The highest BCUT2D eigenvalue weighted by molar-refractivity contribution is 5.82. The number of rotatable bonds is 5. The molecule has 0 aliphatic carbocycles. The van der Waals surface area contributed by atoms with Crippen LogP contribution >= 0.6 is 0 Å². The van der Waals surface area contributed by atoms with Crippen LogP contribution in [-0.2, 0) is 9.53 Å². The lowest BCUT2D eigenvalue weighted by Gasteiger charge is -2.16. The Bertz CT molecular complexity index is 333. The summed E-state index contributed by atoms with van der Waals surface area (Å²) in [5.74, 6) is 0.687. The minimum atomic E-state index is -0.534. The first-order valence-electron chi connectivity index (χ1n) is 4.95. The Kier molecular flexibility index (Phi) is 4.31. The summed E-state index contributed by atoms with van der Waals surface area (Å²) in [6, 6.07) is 7.43. The van der Waals surface area contributed by atoms with Crippen molar-refractivity contribution in [1.29, 1.82) is 0 Å². The number of para-hydroxylation sites is 1. The number of Topliss-reactive ketones (excluding diaryl/α,β-unsaturated/α-hetero) is 1. The van der Waals surface area contributed by atoms with E-state index in [1.807, 2.05) is 31.2 Å². The average Bonchev–Trinajstić information content (AvgIpc) is 2.21. The van der Waals surface area contributed by atoms with Crippen LogP contribution in [0.2, 0.25) is 0 Å². The van der Waals surface area contributed by atoms with Gasteiger partial charge in [0, 0.05) is 12.7 Å². The minimum Gasteiger partial charge on any atom is -0.493 e. The van der Waals surface area contributed by atoms with Gasteiger partial charge in [-0.1, -0.05) is 18.2 Å². The summed E-state index contributed by atoms with van der Waals surface area (Å²) in [5.41, 5.74) is 0.786. The van der Waals surface area contributed by atoms with E-state index >= 15 is 0 Å². The van der Waals surface area contributed by atoms with Crippen LogP contribution in [0.15, 0.2) is 24.3 Å². The Balaban J connectivity index is 3.04. The summed E-state index contributed by atoms with van der Waals surface area (Å²) in [5, 5.41) is 0. The molecular weight excluding hydrogens is 192 g/mol. The van der Waals surface area contributed by atoms with Gasteiger partial charge in [-0.3, -0.25) is 4.79 Å². The van der Waals surface area contributed by atoms with Crippen LogP contribution in [0.25, 0.3) is 0 Å². The zero-order valence-corrected chi connectivity index (χ0v) is 9.32. The van der Waals surface area contributed by atoms with Crippen LogP contribution in [0.1, 0.15) is 25.5 Å². The van der Waals surface area contributed by atoms with Crippen molar-refractivity contribution in [2.45, 2.75) is 20.0 Å². The van der Waals surface area contributed by atoms with E-state index in [-0.39, 0.29) is 5.78 Å². The molecule has 0 heterocycles. The Morgan fingerprint density at radius 1 is 1.40 bits per heavy atom. The van der Waals surface area contributed by atoms with E-state index in [2.05, 4.69) is 0 Å². The number of carbonyl (C=O) groups is 1. The molecule has 3 nitrogen and oxygen atoms in total. The molecule has 0 aliphatic rings. The van der Waals surface area contributed by atoms with Gasteiger partial charge >= 0.3 is 0 Å². The zero-order valence-electron chi connectivity index (χ0n) is 9.32. The van der Waals surface area contributed by atoms with Crippen molar-refractivity contribution in [3.05, 3.63) is 29.8 Å². The summed E-state index contributed by atoms with van der Waals surface area (Å²) in [4.78, 5) is 11.4. The molecule has 0 aromatic heterocycles. The number of benzene rings is 1. The van der Waals surface area contributed by atoms with Gasteiger partial charge < -0.3 is 9.47 Å². The van der Waals surface area contributed by atoms with Crippen LogP contribution in [0.3, 0.4) is 0 Å². The van der Waals surface area contributed by atoms with Crippen molar-refractivity contribution in [3.8, 4) is 5.75 Å². The summed E-state index contributed by atoms with van der Waals surface area (Å²) in [6.45, 7) is 3.99. The topological polar surface area (TPSA) is 35.5 Å². The third-order valence-corrected chi connectivity index (χ3v) is 2.11. The van der Waals surface area contributed by atoms with Crippen LogP contribution in [0.5, 0.6) is 5.75 Å². The SMILES string of the molecule is CCOc1ccccc1C(OC)C(C)=O. The summed E-state index contributed by atoms with van der Waals surface area (Å²) >= 11 is 0. The summed E-state index contributed by atoms with van der Waals surface area (Å²) in [7, 11) is 1.52. The maximum atomic E-state index is 11.4. The molecule has 1 atom stereocenters. The molecule has 0 bridgehead atoms. The lowest BCUT2D eigenvalue weighted by molar-refractivity contribution is -0.127. The molecule has 82 valence electrons. The molecule has 0 radical (unpaired) electrons. The van der Waals surface area contributed by atoms with Crippen molar-refractivity contribution in [2.24, 2.45) is 0 Å². The van der Waals surface area contributed by atoms with Crippen molar-refractivity contribution in [2.75, 3.05) is 13.7 Å². The molecule has 1 aromatic rings. The number of methoxy groups -OCH3 is 1. The van der Waals surface area contributed by atoms with Gasteiger partial charge in [-0.25, -0.2) is 0 Å². The monoisotopic (exact) mass is 208 g/mol. The van der Waals surface area contributed by atoms with Gasteiger partial charge in [-0.05, 0) is 19.9 Å². The molecule has 0 saturated heterocycles. The van der Waals surface area contributed by atoms with Gasteiger partial charge in [0.15, 0.2) is 5.78 Å². The lowest BCUT2D eigenvalue weighted by atomic mass is 10.1. The summed E-state index contributed by atoms with van der Waals surface area (Å²) in [6.07, 6.45) is -0.534. The Morgan fingerprint density at radius 3 is 2.60 bits per heavy atom. The average molecular weight is 208 g/mol. The smallest absolute Gasteiger partial charge is 0.163 e. The standard InChI is InChI=1S/C12H16O3/c1-4-15-11-8-6-5-7-10(11)12(14-3)9(2)13/h5-8,12H,4H2,1-3H3. The van der Waals surface area contributed by atoms with Crippen molar-refractivity contribution in [3.63, 3.8) is 0 Å². The predicted molar refractivity (Wildman–Crippen MR) is 58.0 cm³/mol. The molecule has 1 unspecified atom stereocenters. The Hall–Kier alpha value is -1.35. The highest BCUT2D eigenvalue weighted by atomic mass is 16.5. The summed E-state index contributed by atoms with van der Waals surface area (Å²) < 4.78 is 10.6. The first kappa shape index (κ1) is 11.7. The van der Waals surface area contributed by atoms with Crippen LogP contribution in [-0.4, -0.2) is 19.5 Å². The zero-order chi connectivity index (χ0) is 11.3. The van der Waals surface area contributed by atoms with Crippen LogP contribution in [0, 0.1) is 0 Å². The van der Waals surface area contributed by atoms with Gasteiger partial charge in [-0.2, -0.15) is 0 Å². The largest absolute Gasteiger partial charge is 0.493 e. The second-order valence-corrected chi connectivity index (χ2v) is 3.20. The molecular formula is C12H16O3. The van der Waals surface area contributed by atoms with Crippen molar-refractivity contribution >= 4 is 5.78 Å². The first-order valence-corrected chi connectivity index (χ1v) is 4.95. The van der Waals surface area contributed by atoms with Gasteiger partial charge in [-0.15, -0.1) is 0 Å². The van der Waals surface area contributed by atoms with E-state index < -0.39 is 6.10 Å². The van der Waals surface area contributed by atoms with Crippen LogP contribution < -0.4 is 4.74 Å².